The van der Waals surface area contributed by atoms with Gasteiger partial charge in [-0.1, -0.05) is 35.5 Å². The Morgan fingerprint density at radius 1 is 1.26 bits per heavy atom. The third kappa shape index (κ3) is 4.09. The van der Waals surface area contributed by atoms with Gasteiger partial charge in [0.15, 0.2) is 5.69 Å². The summed E-state index contributed by atoms with van der Waals surface area (Å²) in [5.41, 5.74) is 7.31. The number of nitrogens with zero attached hydrogens (tertiary/aromatic N) is 4. The molecule has 1 aliphatic rings. The van der Waals surface area contributed by atoms with Crippen LogP contribution >= 0.6 is 12.4 Å². The van der Waals surface area contributed by atoms with E-state index in [1.165, 1.54) is 0 Å². The van der Waals surface area contributed by atoms with Crippen LogP contribution in [0.1, 0.15) is 35.3 Å². The Morgan fingerprint density at radius 2 is 2.04 bits per heavy atom. The zero-order valence-corrected chi connectivity index (χ0v) is 13.8. The van der Waals surface area contributed by atoms with Crippen molar-refractivity contribution in [3.05, 3.63) is 47.8 Å². The summed E-state index contributed by atoms with van der Waals surface area (Å²) < 4.78 is 1.70. The summed E-state index contributed by atoms with van der Waals surface area (Å²) in [5.74, 6) is -0.0607. The van der Waals surface area contributed by atoms with Gasteiger partial charge in [-0.2, -0.15) is 0 Å². The number of aromatic nitrogens is 3. The Morgan fingerprint density at radius 3 is 2.78 bits per heavy atom. The fourth-order valence-corrected chi connectivity index (χ4v) is 2.90. The second kappa shape index (κ2) is 8.08. The summed E-state index contributed by atoms with van der Waals surface area (Å²) in [5, 5.41) is 8.10. The summed E-state index contributed by atoms with van der Waals surface area (Å²) >= 11 is 0. The number of carbonyl (C=O) groups is 1. The molecule has 2 heterocycles. The van der Waals surface area contributed by atoms with Crippen LogP contribution in [0, 0.1) is 0 Å². The van der Waals surface area contributed by atoms with E-state index in [-0.39, 0.29) is 24.4 Å². The van der Waals surface area contributed by atoms with Gasteiger partial charge in [0.2, 0.25) is 0 Å². The summed E-state index contributed by atoms with van der Waals surface area (Å²) in [6.45, 7) is 1.87. The van der Waals surface area contributed by atoms with E-state index in [1.807, 2.05) is 35.2 Å². The molecule has 0 bridgehead atoms. The highest BCUT2D eigenvalue weighted by Gasteiger charge is 2.28. The van der Waals surface area contributed by atoms with Gasteiger partial charge in [-0.05, 0) is 24.8 Å². The molecular formula is C16H22ClN5O. The van der Waals surface area contributed by atoms with Gasteiger partial charge >= 0.3 is 0 Å². The second-order valence-electron chi connectivity index (χ2n) is 5.67. The van der Waals surface area contributed by atoms with Crippen LogP contribution in [0.4, 0.5) is 0 Å². The van der Waals surface area contributed by atoms with Crippen LogP contribution in [0.25, 0.3) is 0 Å². The summed E-state index contributed by atoms with van der Waals surface area (Å²) in [6.07, 6.45) is 4.85. The molecule has 1 amide bonds. The van der Waals surface area contributed by atoms with Crippen LogP contribution in [0.2, 0.25) is 0 Å². The Balaban J connectivity index is 0.00000192. The maximum atomic E-state index is 12.6. The number of amides is 1. The average Bonchev–Trinajstić information content (AvgIpc) is 3.03. The number of rotatable bonds is 4. The van der Waals surface area contributed by atoms with Crippen molar-refractivity contribution in [1.82, 2.24) is 19.9 Å². The lowest BCUT2D eigenvalue weighted by molar-refractivity contribution is 0.0617. The Hall–Kier alpha value is -1.92. The first kappa shape index (κ1) is 17.4. The van der Waals surface area contributed by atoms with E-state index < -0.39 is 0 Å². The number of hydrogen-bond acceptors (Lipinski definition) is 4. The quantitative estimate of drug-likeness (QED) is 0.922. The number of carbonyl (C=O) groups excluding carboxylic acids is 1. The molecule has 3 rings (SSSR count). The molecule has 2 N–H and O–H groups in total. The number of nitrogens with two attached hydrogens (primary N) is 1. The number of piperidine rings is 1. The Labute approximate surface area is 142 Å². The molecule has 1 atom stereocenters. The Bertz CT molecular complexity index is 630. The molecule has 0 spiro atoms. The predicted molar refractivity (Wildman–Crippen MR) is 90.5 cm³/mol. The minimum Gasteiger partial charge on any atom is -0.333 e. The predicted octanol–water partition coefficient (Wildman–Crippen LogP) is 1.70. The van der Waals surface area contributed by atoms with Crippen molar-refractivity contribution >= 4 is 18.3 Å². The molecule has 7 heteroatoms. The highest BCUT2D eigenvalue weighted by molar-refractivity contribution is 5.92. The van der Waals surface area contributed by atoms with E-state index in [1.54, 1.807) is 10.9 Å². The van der Waals surface area contributed by atoms with Crippen LogP contribution in [0.3, 0.4) is 0 Å². The number of likely N-dealkylation sites (tertiary alicyclic amines) is 1. The largest absolute Gasteiger partial charge is 0.333 e. The topological polar surface area (TPSA) is 77.0 Å². The molecule has 1 unspecified atom stereocenters. The monoisotopic (exact) mass is 335 g/mol. The first-order valence-corrected chi connectivity index (χ1v) is 7.73. The van der Waals surface area contributed by atoms with Crippen LogP contribution in [-0.4, -0.2) is 44.9 Å². The normalized spacial score (nSPS) is 17.6. The van der Waals surface area contributed by atoms with Gasteiger partial charge in [0.25, 0.3) is 5.91 Å². The van der Waals surface area contributed by atoms with Gasteiger partial charge in [0.1, 0.15) is 0 Å². The summed E-state index contributed by atoms with van der Waals surface area (Å²) in [6, 6.07) is 10.1. The minimum absolute atomic E-state index is 0. The molecule has 6 nitrogen and oxygen atoms in total. The third-order valence-electron chi connectivity index (χ3n) is 4.11. The molecule has 1 aromatic heterocycles. The van der Waals surface area contributed by atoms with Gasteiger partial charge in [0, 0.05) is 19.1 Å². The van der Waals surface area contributed by atoms with Crippen molar-refractivity contribution in [1.29, 1.82) is 0 Å². The smallest absolute Gasteiger partial charge is 0.276 e. The van der Waals surface area contributed by atoms with Crippen molar-refractivity contribution in [2.45, 2.75) is 31.8 Å². The first-order valence-electron chi connectivity index (χ1n) is 7.73. The molecule has 0 radical (unpaired) electrons. The van der Waals surface area contributed by atoms with E-state index in [4.69, 9.17) is 5.73 Å². The van der Waals surface area contributed by atoms with E-state index in [2.05, 4.69) is 10.3 Å². The molecule has 1 saturated heterocycles. The van der Waals surface area contributed by atoms with Crippen molar-refractivity contribution in [2.75, 3.05) is 13.1 Å². The van der Waals surface area contributed by atoms with E-state index in [9.17, 15) is 4.79 Å². The molecule has 1 aromatic carbocycles. The fourth-order valence-electron chi connectivity index (χ4n) is 2.90. The number of halogens is 1. The van der Waals surface area contributed by atoms with Gasteiger partial charge in [-0.25, -0.2) is 4.68 Å². The van der Waals surface area contributed by atoms with E-state index in [0.717, 1.165) is 31.4 Å². The van der Waals surface area contributed by atoms with Crippen LogP contribution in [0.15, 0.2) is 36.5 Å². The fraction of sp³-hybridized carbons (Fsp3) is 0.438. The van der Waals surface area contributed by atoms with Crippen molar-refractivity contribution in [2.24, 2.45) is 5.73 Å². The molecule has 0 saturated carbocycles. The van der Waals surface area contributed by atoms with Crippen molar-refractivity contribution in [3.8, 4) is 0 Å². The summed E-state index contributed by atoms with van der Waals surface area (Å²) in [4.78, 5) is 14.4. The minimum atomic E-state index is -0.0607. The maximum Gasteiger partial charge on any atom is 0.276 e. The molecule has 23 heavy (non-hydrogen) atoms. The SMILES string of the molecule is Cl.NCC1CCCCN1C(=O)c1cn(Cc2ccccc2)nn1. The highest BCUT2D eigenvalue weighted by Crippen LogP contribution is 2.18. The Kier molecular flexibility index (Phi) is 6.12. The third-order valence-corrected chi connectivity index (χ3v) is 4.11. The second-order valence-corrected chi connectivity index (χ2v) is 5.67. The lowest BCUT2D eigenvalue weighted by Crippen LogP contribution is -2.47. The van der Waals surface area contributed by atoms with Crippen molar-refractivity contribution < 1.29 is 4.79 Å². The number of benzene rings is 1. The van der Waals surface area contributed by atoms with Crippen LogP contribution in [-0.2, 0) is 6.54 Å². The standard InChI is InChI=1S/C16H21N5O.ClH/c17-10-14-8-4-5-9-21(14)16(22)15-12-20(19-18-15)11-13-6-2-1-3-7-13;/h1-3,6-7,12,14H,4-5,8-11,17H2;1H. The van der Waals surface area contributed by atoms with Gasteiger partial charge in [-0.3, -0.25) is 4.79 Å². The average molecular weight is 336 g/mol. The zero-order chi connectivity index (χ0) is 15.4. The van der Waals surface area contributed by atoms with Gasteiger partial charge in [0.05, 0.1) is 12.7 Å². The molecule has 1 aliphatic heterocycles. The van der Waals surface area contributed by atoms with E-state index in [0.29, 0.717) is 18.8 Å². The maximum absolute atomic E-state index is 12.6. The van der Waals surface area contributed by atoms with E-state index >= 15 is 0 Å². The molecule has 0 aliphatic carbocycles. The van der Waals surface area contributed by atoms with Gasteiger partial charge in [-0.15, -0.1) is 17.5 Å². The highest BCUT2D eigenvalue weighted by atomic mass is 35.5. The lowest BCUT2D eigenvalue weighted by atomic mass is 10.0. The molecule has 1 fully saturated rings. The van der Waals surface area contributed by atoms with Crippen LogP contribution in [0.5, 0.6) is 0 Å². The molecule has 124 valence electrons. The first-order chi connectivity index (χ1) is 10.8. The summed E-state index contributed by atoms with van der Waals surface area (Å²) in [7, 11) is 0. The van der Waals surface area contributed by atoms with Gasteiger partial charge < -0.3 is 10.6 Å². The van der Waals surface area contributed by atoms with Crippen molar-refractivity contribution in [3.63, 3.8) is 0 Å². The lowest BCUT2D eigenvalue weighted by Gasteiger charge is -2.34. The molecule has 2 aromatic rings. The zero-order valence-electron chi connectivity index (χ0n) is 13.0. The number of hydrogen-bond donors (Lipinski definition) is 1. The van der Waals surface area contributed by atoms with Crippen LogP contribution < -0.4 is 5.73 Å². The molecular weight excluding hydrogens is 314 g/mol.